The topological polar surface area (TPSA) is 89.5 Å². The van der Waals surface area contributed by atoms with Gasteiger partial charge in [0.15, 0.2) is 11.5 Å². The van der Waals surface area contributed by atoms with E-state index in [0.29, 0.717) is 47.2 Å². The minimum Gasteiger partial charge on any atom is -0.486 e. The van der Waals surface area contributed by atoms with Crippen LogP contribution in [-0.2, 0) is 0 Å². The average molecular weight is 466 g/mol. The molecule has 7 nitrogen and oxygen atoms in total. The second-order valence-electron chi connectivity index (χ2n) is 8.13. The van der Waals surface area contributed by atoms with Crippen LogP contribution < -0.4 is 20.1 Å². The van der Waals surface area contributed by atoms with E-state index in [0.717, 1.165) is 22.2 Å². The molecule has 2 amide bonds. The molecule has 7 heteroatoms. The first-order valence-corrected chi connectivity index (χ1v) is 11.2. The summed E-state index contributed by atoms with van der Waals surface area (Å²) in [6.07, 6.45) is 1.65. The number of carbonyl (C=O) groups is 2. The fourth-order valence-corrected chi connectivity index (χ4v) is 3.87. The summed E-state index contributed by atoms with van der Waals surface area (Å²) in [5.74, 6) is 0.584. The molecule has 4 aromatic rings. The lowest BCUT2D eigenvalue weighted by Crippen LogP contribution is -2.17. The molecule has 1 aliphatic heterocycles. The predicted octanol–water partition coefficient (Wildman–Crippen LogP) is 5.46. The van der Waals surface area contributed by atoms with Crippen molar-refractivity contribution in [2.75, 3.05) is 23.8 Å². The Morgan fingerprint density at radius 2 is 1.60 bits per heavy atom. The van der Waals surface area contributed by atoms with Crippen LogP contribution in [0.25, 0.3) is 17.0 Å². The van der Waals surface area contributed by atoms with Gasteiger partial charge in [-0.2, -0.15) is 0 Å². The summed E-state index contributed by atoms with van der Waals surface area (Å²) < 4.78 is 11.1. The smallest absolute Gasteiger partial charge is 0.255 e. The van der Waals surface area contributed by atoms with Gasteiger partial charge in [-0.15, -0.1) is 0 Å². The van der Waals surface area contributed by atoms with Crippen LogP contribution in [0, 0.1) is 6.92 Å². The Hall–Kier alpha value is -4.65. The molecule has 0 saturated heterocycles. The Balaban J connectivity index is 1.36. The molecule has 0 bridgehead atoms. The van der Waals surface area contributed by atoms with Crippen LogP contribution in [0.4, 0.5) is 11.4 Å². The number of nitrogens with one attached hydrogen (secondary N) is 2. The van der Waals surface area contributed by atoms with Gasteiger partial charge >= 0.3 is 0 Å². The second kappa shape index (κ2) is 9.30. The van der Waals surface area contributed by atoms with E-state index in [1.165, 1.54) is 0 Å². The quantitative estimate of drug-likeness (QED) is 0.408. The summed E-state index contributed by atoms with van der Waals surface area (Å²) in [6, 6.07) is 19.5. The number of aromatic nitrogens is 1. The third kappa shape index (κ3) is 4.70. The molecule has 0 radical (unpaired) electrons. The van der Waals surface area contributed by atoms with Crippen molar-refractivity contribution in [1.82, 2.24) is 4.98 Å². The summed E-state index contributed by atoms with van der Waals surface area (Å²) in [6.45, 7) is 6.68. The third-order valence-electron chi connectivity index (χ3n) is 5.67. The van der Waals surface area contributed by atoms with Crippen molar-refractivity contribution in [2.45, 2.75) is 6.92 Å². The van der Waals surface area contributed by atoms with Crippen LogP contribution in [0.2, 0.25) is 0 Å². The van der Waals surface area contributed by atoms with Gasteiger partial charge in [-0.25, -0.2) is 0 Å². The van der Waals surface area contributed by atoms with Crippen molar-refractivity contribution in [2.24, 2.45) is 0 Å². The molecule has 1 aliphatic rings. The molecular formula is C28H23N3O4. The normalized spacial score (nSPS) is 12.1. The van der Waals surface area contributed by atoms with E-state index in [1.807, 2.05) is 25.1 Å². The zero-order valence-electron chi connectivity index (χ0n) is 19.1. The fraction of sp³-hybridized carbons (Fsp3) is 0.107. The van der Waals surface area contributed by atoms with Crippen molar-refractivity contribution in [3.63, 3.8) is 0 Å². The maximum atomic E-state index is 13.0. The largest absolute Gasteiger partial charge is 0.486 e. The molecule has 0 fully saturated rings. The van der Waals surface area contributed by atoms with Crippen molar-refractivity contribution in [1.29, 1.82) is 0 Å². The molecule has 0 aliphatic carbocycles. The first kappa shape index (κ1) is 22.2. The summed E-state index contributed by atoms with van der Waals surface area (Å²) in [5.41, 5.74) is 4.49. The van der Waals surface area contributed by atoms with Crippen molar-refractivity contribution < 1.29 is 19.1 Å². The van der Waals surface area contributed by atoms with E-state index in [1.54, 1.807) is 54.6 Å². The molecule has 2 heterocycles. The van der Waals surface area contributed by atoms with Gasteiger partial charge in [-0.3, -0.25) is 14.6 Å². The van der Waals surface area contributed by atoms with E-state index in [2.05, 4.69) is 22.2 Å². The van der Waals surface area contributed by atoms with E-state index in [4.69, 9.17) is 9.47 Å². The number of nitrogens with zero attached hydrogens (tertiary/aromatic N) is 1. The highest BCUT2D eigenvalue weighted by atomic mass is 16.6. The Morgan fingerprint density at radius 1 is 0.857 bits per heavy atom. The number of fused-ring (bicyclic) bond motifs is 2. The van der Waals surface area contributed by atoms with Gasteiger partial charge in [0, 0.05) is 27.9 Å². The number of ether oxygens (including phenoxy) is 2. The number of rotatable bonds is 5. The highest BCUT2D eigenvalue weighted by Crippen LogP contribution is 2.31. The maximum Gasteiger partial charge on any atom is 0.255 e. The molecule has 174 valence electrons. The van der Waals surface area contributed by atoms with Crippen LogP contribution >= 0.6 is 0 Å². The van der Waals surface area contributed by atoms with E-state index in [-0.39, 0.29) is 11.8 Å². The summed E-state index contributed by atoms with van der Waals surface area (Å²) >= 11 is 0. The number of hydrogen-bond donors (Lipinski definition) is 2. The van der Waals surface area contributed by atoms with Crippen LogP contribution in [0.5, 0.6) is 11.5 Å². The molecule has 0 atom stereocenters. The lowest BCUT2D eigenvalue weighted by atomic mass is 10.1. The van der Waals surface area contributed by atoms with Crippen LogP contribution in [-0.4, -0.2) is 30.0 Å². The fourth-order valence-electron chi connectivity index (χ4n) is 3.87. The molecule has 1 aromatic heterocycles. The minimum absolute atomic E-state index is 0.272. The molecule has 0 unspecified atom stereocenters. The molecule has 3 aromatic carbocycles. The lowest BCUT2D eigenvalue weighted by molar-refractivity contribution is 0.101. The Labute approximate surface area is 202 Å². The standard InChI is InChI=1S/C28H23N3O4/c1-3-18-6-9-22(30-27(32)21-8-11-25-26(15-21)35-13-12-34-25)16-24(18)31-28(33)20-7-10-23-19(14-20)5-4-17(2)29-23/h3-11,14-16H,1,12-13H2,2H3,(H,30,32)(H,31,33). The number of hydrogen-bond acceptors (Lipinski definition) is 5. The monoisotopic (exact) mass is 465 g/mol. The van der Waals surface area contributed by atoms with Gasteiger partial charge in [0.05, 0.1) is 11.2 Å². The van der Waals surface area contributed by atoms with E-state index < -0.39 is 0 Å². The highest BCUT2D eigenvalue weighted by Gasteiger charge is 2.16. The number of benzene rings is 3. The Morgan fingerprint density at radius 3 is 2.43 bits per heavy atom. The predicted molar refractivity (Wildman–Crippen MR) is 136 cm³/mol. The van der Waals surface area contributed by atoms with Crippen molar-refractivity contribution in [3.05, 3.63) is 95.7 Å². The number of pyridine rings is 1. The Kier molecular flexibility index (Phi) is 5.89. The van der Waals surface area contributed by atoms with Gasteiger partial charge in [-0.1, -0.05) is 24.8 Å². The van der Waals surface area contributed by atoms with Crippen LogP contribution in [0.15, 0.2) is 73.3 Å². The Bertz CT molecular complexity index is 1480. The average Bonchev–Trinajstić information content (AvgIpc) is 2.88. The van der Waals surface area contributed by atoms with Crippen LogP contribution in [0.1, 0.15) is 32.0 Å². The third-order valence-corrected chi connectivity index (χ3v) is 5.67. The first-order valence-electron chi connectivity index (χ1n) is 11.2. The first-order chi connectivity index (χ1) is 17.0. The van der Waals surface area contributed by atoms with Gasteiger partial charge in [0.25, 0.3) is 11.8 Å². The van der Waals surface area contributed by atoms with E-state index >= 15 is 0 Å². The van der Waals surface area contributed by atoms with Gasteiger partial charge in [0.2, 0.25) is 0 Å². The van der Waals surface area contributed by atoms with Crippen molar-refractivity contribution in [3.8, 4) is 11.5 Å². The molecule has 35 heavy (non-hydrogen) atoms. The zero-order valence-corrected chi connectivity index (χ0v) is 19.1. The molecule has 2 N–H and O–H groups in total. The number of amides is 2. The van der Waals surface area contributed by atoms with Gasteiger partial charge in [-0.05, 0) is 67.1 Å². The van der Waals surface area contributed by atoms with Gasteiger partial charge < -0.3 is 20.1 Å². The minimum atomic E-state index is -0.303. The summed E-state index contributed by atoms with van der Waals surface area (Å²) in [4.78, 5) is 30.3. The zero-order chi connectivity index (χ0) is 24.4. The number of anilines is 2. The molecular weight excluding hydrogens is 442 g/mol. The number of aryl methyl sites for hydroxylation is 1. The lowest BCUT2D eigenvalue weighted by Gasteiger charge is -2.18. The summed E-state index contributed by atoms with van der Waals surface area (Å²) in [5, 5.41) is 6.68. The second-order valence-corrected chi connectivity index (χ2v) is 8.13. The SMILES string of the molecule is C=Cc1ccc(NC(=O)c2ccc3c(c2)OCCO3)cc1NC(=O)c1ccc2nc(C)ccc2c1. The molecule has 0 spiro atoms. The summed E-state index contributed by atoms with van der Waals surface area (Å²) in [7, 11) is 0. The van der Waals surface area contributed by atoms with Gasteiger partial charge in [0.1, 0.15) is 13.2 Å². The number of carbonyl (C=O) groups excluding carboxylic acids is 2. The maximum absolute atomic E-state index is 13.0. The molecule has 0 saturated carbocycles. The highest BCUT2D eigenvalue weighted by molar-refractivity contribution is 6.08. The molecule has 5 rings (SSSR count). The van der Waals surface area contributed by atoms with Crippen LogP contribution in [0.3, 0.4) is 0 Å². The van der Waals surface area contributed by atoms with Crippen molar-refractivity contribution >= 4 is 40.2 Å². The van der Waals surface area contributed by atoms with E-state index in [9.17, 15) is 9.59 Å².